The van der Waals surface area contributed by atoms with E-state index in [0.717, 1.165) is 18.7 Å². The normalized spacial score (nSPS) is 12.1. The predicted molar refractivity (Wildman–Crippen MR) is 96.9 cm³/mol. The highest BCUT2D eigenvalue weighted by molar-refractivity contribution is 14.1. The fourth-order valence-electron chi connectivity index (χ4n) is 2.39. The topological polar surface area (TPSA) is 21.3 Å². The number of rotatable bonds is 7. The Hall–Kier alpha value is -1.07. The largest absolute Gasteiger partial charge is 0.494 e. The zero-order valence-electron chi connectivity index (χ0n) is 12.6. The van der Waals surface area contributed by atoms with E-state index in [4.69, 9.17) is 4.74 Å². The van der Waals surface area contributed by atoms with Crippen molar-refractivity contribution in [3.63, 3.8) is 0 Å². The maximum Gasteiger partial charge on any atom is 0.124 e. The Kier molecular flexibility index (Phi) is 6.51. The highest BCUT2D eigenvalue weighted by Gasteiger charge is 2.17. The van der Waals surface area contributed by atoms with E-state index in [1.165, 1.54) is 14.7 Å². The molecule has 112 valence electrons. The van der Waals surface area contributed by atoms with Crippen molar-refractivity contribution in [2.24, 2.45) is 0 Å². The van der Waals surface area contributed by atoms with Gasteiger partial charge in [-0.2, -0.15) is 0 Å². The molecule has 0 aromatic heterocycles. The minimum atomic E-state index is 0.169. The van der Waals surface area contributed by atoms with Crippen molar-refractivity contribution in [1.29, 1.82) is 0 Å². The number of hydrogen-bond acceptors (Lipinski definition) is 2. The maximum absolute atomic E-state index is 5.81. The minimum Gasteiger partial charge on any atom is -0.494 e. The van der Waals surface area contributed by atoms with E-state index in [9.17, 15) is 0 Å². The highest BCUT2D eigenvalue weighted by atomic mass is 127. The molecule has 0 spiro atoms. The molecule has 0 amide bonds. The van der Waals surface area contributed by atoms with Crippen LogP contribution in [0.1, 0.15) is 37.4 Å². The summed E-state index contributed by atoms with van der Waals surface area (Å²) in [5.74, 6) is 0.965. The molecule has 2 aromatic rings. The highest BCUT2D eigenvalue weighted by Crippen LogP contribution is 2.30. The molecule has 21 heavy (non-hydrogen) atoms. The van der Waals surface area contributed by atoms with Crippen molar-refractivity contribution in [2.75, 3.05) is 13.2 Å². The molecule has 1 N–H and O–H groups in total. The first-order valence-corrected chi connectivity index (χ1v) is 8.54. The van der Waals surface area contributed by atoms with Crippen LogP contribution in [0.3, 0.4) is 0 Å². The molecule has 0 aliphatic carbocycles. The van der Waals surface area contributed by atoms with Crippen LogP contribution in [0.4, 0.5) is 0 Å². The summed E-state index contributed by atoms with van der Waals surface area (Å²) in [5, 5.41) is 3.64. The van der Waals surface area contributed by atoms with Gasteiger partial charge in [-0.25, -0.2) is 0 Å². The molecule has 2 aromatic carbocycles. The van der Waals surface area contributed by atoms with E-state index >= 15 is 0 Å². The predicted octanol–water partition coefficient (Wildman–Crippen LogP) is 4.78. The number of benzene rings is 2. The van der Waals surface area contributed by atoms with E-state index < -0.39 is 0 Å². The van der Waals surface area contributed by atoms with Gasteiger partial charge in [0.15, 0.2) is 0 Å². The fourth-order valence-corrected chi connectivity index (χ4v) is 2.96. The average Bonchev–Trinajstić information content (AvgIpc) is 2.49. The SMILES string of the molecule is CCCNC(c1cccc(I)c1)c1ccccc1OCC. The van der Waals surface area contributed by atoms with Crippen LogP contribution in [0.5, 0.6) is 5.75 Å². The minimum absolute atomic E-state index is 0.169. The summed E-state index contributed by atoms with van der Waals surface area (Å²) in [5.41, 5.74) is 2.48. The summed E-state index contributed by atoms with van der Waals surface area (Å²) in [6, 6.07) is 17.1. The summed E-state index contributed by atoms with van der Waals surface area (Å²) in [7, 11) is 0. The Morgan fingerprint density at radius 2 is 1.90 bits per heavy atom. The smallest absolute Gasteiger partial charge is 0.124 e. The first kappa shape index (κ1) is 16.3. The van der Waals surface area contributed by atoms with Crippen LogP contribution in [0.25, 0.3) is 0 Å². The van der Waals surface area contributed by atoms with E-state index in [1.54, 1.807) is 0 Å². The van der Waals surface area contributed by atoms with Crippen molar-refractivity contribution in [3.05, 3.63) is 63.2 Å². The molecule has 0 heterocycles. The van der Waals surface area contributed by atoms with Gasteiger partial charge < -0.3 is 10.1 Å². The second-order valence-corrected chi connectivity index (χ2v) is 6.16. The Bertz CT molecular complexity index is 571. The van der Waals surface area contributed by atoms with Gasteiger partial charge in [0.05, 0.1) is 12.6 Å². The van der Waals surface area contributed by atoms with Crippen molar-refractivity contribution >= 4 is 22.6 Å². The van der Waals surface area contributed by atoms with Crippen LogP contribution in [0.15, 0.2) is 48.5 Å². The zero-order chi connectivity index (χ0) is 15.1. The number of halogens is 1. The molecule has 1 unspecified atom stereocenters. The molecule has 0 bridgehead atoms. The standard InChI is InChI=1S/C18H22INO/c1-3-12-20-18(14-8-7-9-15(19)13-14)16-10-5-6-11-17(16)21-4-2/h5-11,13,18,20H,3-4,12H2,1-2H3. The molecule has 0 radical (unpaired) electrons. The summed E-state index contributed by atoms with van der Waals surface area (Å²) in [4.78, 5) is 0. The second-order valence-electron chi connectivity index (χ2n) is 4.91. The lowest BCUT2D eigenvalue weighted by Gasteiger charge is -2.22. The van der Waals surface area contributed by atoms with Crippen molar-refractivity contribution in [3.8, 4) is 5.75 Å². The number of para-hydroxylation sites is 1. The summed E-state index contributed by atoms with van der Waals surface area (Å²) < 4.78 is 7.06. The van der Waals surface area contributed by atoms with Crippen LogP contribution >= 0.6 is 22.6 Å². The molecule has 0 saturated heterocycles. The van der Waals surface area contributed by atoms with Crippen molar-refractivity contribution in [2.45, 2.75) is 26.3 Å². The van der Waals surface area contributed by atoms with Crippen molar-refractivity contribution < 1.29 is 4.74 Å². The van der Waals surface area contributed by atoms with Crippen LogP contribution in [-0.2, 0) is 0 Å². The lowest BCUT2D eigenvalue weighted by atomic mass is 9.97. The Balaban J connectivity index is 2.40. The quantitative estimate of drug-likeness (QED) is 0.682. The lowest BCUT2D eigenvalue weighted by Crippen LogP contribution is -2.24. The molecule has 0 fully saturated rings. The molecular weight excluding hydrogens is 373 g/mol. The summed E-state index contributed by atoms with van der Waals surface area (Å²) in [6.45, 7) is 5.88. The van der Waals surface area contributed by atoms with Gasteiger partial charge in [0.2, 0.25) is 0 Å². The number of hydrogen-bond donors (Lipinski definition) is 1. The fraction of sp³-hybridized carbons (Fsp3) is 0.333. The zero-order valence-corrected chi connectivity index (χ0v) is 14.8. The monoisotopic (exact) mass is 395 g/mol. The van der Waals surface area contributed by atoms with Gasteiger partial charge in [-0.05, 0) is 66.2 Å². The molecule has 0 saturated carbocycles. The Morgan fingerprint density at radius 3 is 2.62 bits per heavy atom. The third-order valence-corrected chi connectivity index (χ3v) is 3.98. The molecule has 0 aliphatic heterocycles. The third-order valence-electron chi connectivity index (χ3n) is 3.31. The van der Waals surface area contributed by atoms with Gasteiger partial charge in [0.1, 0.15) is 5.75 Å². The van der Waals surface area contributed by atoms with Crippen LogP contribution in [0.2, 0.25) is 0 Å². The molecular formula is C18H22INO. The Labute approximate surface area is 141 Å². The van der Waals surface area contributed by atoms with Crippen LogP contribution < -0.4 is 10.1 Å². The molecule has 2 rings (SSSR count). The van der Waals surface area contributed by atoms with Gasteiger partial charge in [-0.1, -0.05) is 37.3 Å². The third kappa shape index (κ3) is 4.45. The number of nitrogens with one attached hydrogen (secondary N) is 1. The average molecular weight is 395 g/mol. The molecule has 0 aliphatic rings. The number of ether oxygens (including phenoxy) is 1. The van der Waals surface area contributed by atoms with E-state index in [1.807, 2.05) is 19.1 Å². The van der Waals surface area contributed by atoms with Gasteiger partial charge in [-0.3, -0.25) is 0 Å². The van der Waals surface area contributed by atoms with Crippen molar-refractivity contribution in [1.82, 2.24) is 5.32 Å². The maximum atomic E-state index is 5.81. The van der Waals surface area contributed by atoms with Gasteiger partial charge in [0, 0.05) is 9.13 Å². The molecule has 2 nitrogen and oxygen atoms in total. The van der Waals surface area contributed by atoms with Crippen LogP contribution in [-0.4, -0.2) is 13.2 Å². The first-order valence-electron chi connectivity index (χ1n) is 7.46. The summed E-state index contributed by atoms with van der Waals surface area (Å²) >= 11 is 2.36. The second kappa shape index (κ2) is 8.39. The lowest BCUT2D eigenvalue weighted by molar-refractivity contribution is 0.333. The summed E-state index contributed by atoms with van der Waals surface area (Å²) in [6.07, 6.45) is 1.11. The van der Waals surface area contributed by atoms with Gasteiger partial charge in [0.25, 0.3) is 0 Å². The Morgan fingerprint density at radius 1 is 1.10 bits per heavy atom. The van der Waals surface area contributed by atoms with E-state index in [0.29, 0.717) is 6.61 Å². The first-order chi connectivity index (χ1) is 10.3. The van der Waals surface area contributed by atoms with Gasteiger partial charge >= 0.3 is 0 Å². The van der Waals surface area contributed by atoms with E-state index in [2.05, 4.69) is 71.2 Å². The molecule has 3 heteroatoms. The van der Waals surface area contributed by atoms with Crippen LogP contribution in [0, 0.1) is 3.57 Å². The van der Waals surface area contributed by atoms with E-state index in [-0.39, 0.29) is 6.04 Å². The van der Waals surface area contributed by atoms with Gasteiger partial charge in [-0.15, -0.1) is 0 Å². The molecule has 1 atom stereocenters.